The van der Waals surface area contributed by atoms with Crippen LogP contribution in [0.25, 0.3) is 0 Å². The van der Waals surface area contributed by atoms with Crippen LogP contribution in [0.3, 0.4) is 0 Å². The molecule has 4 heteroatoms. The standard InChI is InChI=1S/C13H26N2O2/c1-5-15(6-2)13(16)10(3)14-11-8-7-9-12(11)17-4/h10-12,14H,5-9H2,1-4H3. The van der Waals surface area contributed by atoms with Crippen LogP contribution in [0.4, 0.5) is 0 Å². The Bertz CT molecular complexity index is 242. The largest absolute Gasteiger partial charge is 0.380 e. The van der Waals surface area contributed by atoms with Crippen LogP contribution in [0.15, 0.2) is 0 Å². The van der Waals surface area contributed by atoms with Crippen molar-refractivity contribution in [1.82, 2.24) is 10.2 Å². The zero-order chi connectivity index (χ0) is 12.8. The van der Waals surface area contributed by atoms with Gasteiger partial charge in [-0.2, -0.15) is 0 Å². The summed E-state index contributed by atoms with van der Waals surface area (Å²) >= 11 is 0. The van der Waals surface area contributed by atoms with Crippen LogP contribution in [0.5, 0.6) is 0 Å². The molecule has 0 aromatic rings. The van der Waals surface area contributed by atoms with E-state index in [0.29, 0.717) is 6.04 Å². The van der Waals surface area contributed by atoms with E-state index in [9.17, 15) is 4.79 Å². The quantitative estimate of drug-likeness (QED) is 0.765. The van der Waals surface area contributed by atoms with Gasteiger partial charge in [-0.1, -0.05) is 0 Å². The number of rotatable bonds is 6. The Kier molecular flexibility index (Phi) is 5.92. The fourth-order valence-corrected chi connectivity index (χ4v) is 2.60. The van der Waals surface area contributed by atoms with E-state index in [-0.39, 0.29) is 18.1 Å². The van der Waals surface area contributed by atoms with Crippen molar-refractivity contribution in [2.45, 2.75) is 58.2 Å². The molecule has 0 aliphatic heterocycles. The van der Waals surface area contributed by atoms with E-state index >= 15 is 0 Å². The summed E-state index contributed by atoms with van der Waals surface area (Å²) in [4.78, 5) is 14.0. The summed E-state index contributed by atoms with van der Waals surface area (Å²) in [6.45, 7) is 7.54. The van der Waals surface area contributed by atoms with Crippen LogP contribution in [0.2, 0.25) is 0 Å². The summed E-state index contributed by atoms with van der Waals surface area (Å²) in [6, 6.07) is 0.213. The molecule has 1 aliphatic rings. The van der Waals surface area contributed by atoms with Crippen LogP contribution in [0.1, 0.15) is 40.0 Å². The number of ether oxygens (including phenoxy) is 1. The molecule has 1 rings (SSSR count). The van der Waals surface area contributed by atoms with Crippen molar-refractivity contribution in [3.8, 4) is 0 Å². The van der Waals surface area contributed by atoms with Gasteiger partial charge in [-0.05, 0) is 40.0 Å². The van der Waals surface area contributed by atoms with Gasteiger partial charge >= 0.3 is 0 Å². The van der Waals surface area contributed by atoms with Crippen molar-refractivity contribution < 1.29 is 9.53 Å². The molecule has 1 N–H and O–H groups in total. The number of hydrogen-bond donors (Lipinski definition) is 1. The SMILES string of the molecule is CCN(CC)C(=O)C(C)NC1CCCC1OC. The summed E-state index contributed by atoms with van der Waals surface area (Å²) in [5, 5.41) is 3.41. The maximum Gasteiger partial charge on any atom is 0.239 e. The van der Waals surface area contributed by atoms with E-state index in [0.717, 1.165) is 25.9 Å². The van der Waals surface area contributed by atoms with E-state index in [2.05, 4.69) is 5.32 Å². The molecule has 17 heavy (non-hydrogen) atoms. The number of methoxy groups -OCH3 is 1. The molecule has 1 fully saturated rings. The molecule has 1 saturated carbocycles. The summed E-state index contributed by atoms with van der Waals surface area (Å²) in [6.07, 6.45) is 3.65. The summed E-state index contributed by atoms with van der Waals surface area (Å²) < 4.78 is 5.43. The maximum atomic E-state index is 12.1. The molecule has 0 spiro atoms. The van der Waals surface area contributed by atoms with E-state index in [1.54, 1.807) is 7.11 Å². The Morgan fingerprint density at radius 2 is 2.06 bits per heavy atom. The Labute approximate surface area is 105 Å². The highest BCUT2D eigenvalue weighted by Gasteiger charge is 2.30. The molecule has 3 atom stereocenters. The fourth-order valence-electron chi connectivity index (χ4n) is 2.60. The summed E-state index contributed by atoms with van der Waals surface area (Å²) in [5.41, 5.74) is 0. The van der Waals surface area contributed by atoms with Gasteiger partial charge in [-0.15, -0.1) is 0 Å². The predicted molar refractivity (Wildman–Crippen MR) is 69.0 cm³/mol. The lowest BCUT2D eigenvalue weighted by Gasteiger charge is -2.27. The van der Waals surface area contributed by atoms with Gasteiger partial charge in [0.25, 0.3) is 0 Å². The highest BCUT2D eigenvalue weighted by Crippen LogP contribution is 2.22. The lowest BCUT2D eigenvalue weighted by molar-refractivity contribution is -0.133. The van der Waals surface area contributed by atoms with E-state index in [1.807, 2.05) is 25.7 Å². The Hall–Kier alpha value is -0.610. The summed E-state index contributed by atoms with van der Waals surface area (Å²) in [5.74, 6) is 0.191. The zero-order valence-electron chi connectivity index (χ0n) is 11.5. The van der Waals surface area contributed by atoms with Gasteiger partial charge < -0.3 is 15.0 Å². The van der Waals surface area contributed by atoms with Crippen molar-refractivity contribution in [2.75, 3.05) is 20.2 Å². The minimum absolute atomic E-state index is 0.115. The Morgan fingerprint density at radius 1 is 1.41 bits per heavy atom. The number of carbonyl (C=O) groups is 1. The lowest BCUT2D eigenvalue weighted by Crippen LogP contribution is -2.50. The average molecular weight is 242 g/mol. The van der Waals surface area contributed by atoms with Crippen molar-refractivity contribution in [1.29, 1.82) is 0 Å². The van der Waals surface area contributed by atoms with Gasteiger partial charge in [0.05, 0.1) is 12.1 Å². The number of likely N-dealkylation sites (N-methyl/N-ethyl adjacent to an activating group) is 1. The fraction of sp³-hybridized carbons (Fsp3) is 0.923. The third-order valence-electron chi connectivity index (χ3n) is 3.66. The third kappa shape index (κ3) is 3.68. The number of carbonyl (C=O) groups excluding carboxylic acids is 1. The van der Waals surface area contributed by atoms with E-state index in [1.165, 1.54) is 6.42 Å². The molecule has 3 unspecified atom stereocenters. The van der Waals surface area contributed by atoms with Gasteiger partial charge in [0.1, 0.15) is 0 Å². The van der Waals surface area contributed by atoms with Crippen LogP contribution >= 0.6 is 0 Å². The van der Waals surface area contributed by atoms with E-state index in [4.69, 9.17) is 4.74 Å². The van der Waals surface area contributed by atoms with Gasteiger partial charge in [-0.3, -0.25) is 4.79 Å². The molecule has 1 amide bonds. The molecule has 4 nitrogen and oxygen atoms in total. The molecule has 0 heterocycles. The maximum absolute atomic E-state index is 12.1. The lowest BCUT2D eigenvalue weighted by atomic mass is 10.1. The van der Waals surface area contributed by atoms with Gasteiger partial charge in [0.2, 0.25) is 5.91 Å². The number of nitrogens with one attached hydrogen (secondary N) is 1. The smallest absolute Gasteiger partial charge is 0.239 e. The van der Waals surface area contributed by atoms with Crippen LogP contribution in [0, 0.1) is 0 Å². The first kappa shape index (κ1) is 14.5. The number of amides is 1. The zero-order valence-corrected chi connectivity index (χ0v) is 11.5. The second kappa shape index (κ2) is 6.97. The normalized spacial score (nSPS) is 25.9. The first-order valence-electron chi connectivity index (χ1n) is 6.71. The summed E-state index contributed by atoms with van der Waals surface area (Å²) in [7, 11) is 1.75. The van der Waals surface area contributed by atoms with Crippen LogP contribution < -0.4 is 5.32 Å². The molecule has 0 radical (unpaired) electrons. The number of hydrogen-bond acceptors (Lipinski definition) is 3. The number of nitrogens with zero attached hydrogens (tertiary/aromatic N) is 1. The molecule has 0 aromatic carbocycles. The molecular formula is C13H26N2O2. The van der Waals surface area contributed by atoms with Crippen LogP contribution in [-0.4, -0.2) is 49.2 Å². The Morgan fingerprint density at radius 3 is 2.59 bits per heavy atom. The van der Waals surface area contributed by atoms with Gasteiger partial charge in [0, 0.05) is 26.2 Å². The minimum atomic E-state index is -0.115. The molecule has 0 bridgehead atoms. The van der Waals surface area contributed by atoms with Crippen molar-refractivity contribution in [3.63, 3.8) is 0 Å². The monoisotopic (exact) mass is 242 g/mol. The van der Waals surface area contributed by atoms with Crippen molar-refractivity contribution in [3.05, 3.63) is 0 Å². The average Bonchev–Trinajstić information content (AvgIpc) is 2.77. The first-order chi connectivity index (χ1) is 8.13. The third-order valence-corrected chi connectivity index (χ3v) is 3.66. The minimum Gasteiger partial charge on any atom is -0.380 e. The second-order valence-corrected chi connectivity index (χ2v) is 4.71. The molecule has 1 aliphatic carbocycles. The molecule has 0 saturated heterocycles. The van der Waals surface area contributed by atoms with Crippen molar-refractivity contribution in [2.24, 2.45) is 0 Å². The Balaban J connectivity index is 2.47. The second-order valence-electron chi connectivity index (χ2n) is 4.71. The van der Waals surface area contributed by atoms with Crippen molar-refractivity contribution >= 4 is 5.91 Å². The van der Waals surface area contributed by atoms with Gasteiger partial charge in [0.15, 0.2) is 0 Å². The molecule has 100 valence electrons. The van der Waals surface area contributed by atoms with Gasteiger partial charge in [-0.25, -0.2) is 0 Å². The highest BCUT2D eigenvalue weighted by molar-refractivity contribution is 5.81. The first-order valence-corrected chi connectivity index (χ1v) is 6.71. The molecular weight excluding hydrogens is 216 g/mol. The topological polar surface area (TPSA) is 41.6 Å². The highest BCUT2D eigenvalue weighted by atomic mass is 16.5. The predicted octanol–water partition coefficient (Wildman–Crippen LogP) is 1.40. The van der Waals surface area contributed by atoms with Crippen LogP contribution in [-0.2, 0) is 9.53 Å². The molecule has 0 aromatic heterocycles. The van der Waals surface area contributed by atoms with E-state index < -0.39 is 0 Å².